The number of carbonyl (C=O) groups excluding carboxylic acids is 2. The van der Waals surface area contributed by atoms with Crippen LogP contribution >= 0.6 is 0 Å². The van der Waals surface area contributed by atoms with Gasteiger partial charge in [0.05, 0.1) is 6.21 Å². The summed E-state index contributed by atoms with van der Waals surface area (Å²) < 4.78 is 0. The van der Waals surface area contributed by atoms with E-state index < -0.39 is 0 Å². The van der Waals surface area contributed by atoms with Crippen molar-refractivity contribution in [2.45, 2.75) is 0 Å². The van der Waals surface area contributed by atoms with E-state index in [4.69, 9.17) is 0 Å². The second kappa shape index (κ2) is 4.24. The van der Waals surface area contributed by atoms with Crippen LogP contribution in [0.3, 0.4) is 0 Å². The van der Waals surface area contributed by atoms with E-state index in [-0.39, 0.29) is 63.1 Å². The number of allylic oxidation sites excluding steroid dienone is 1. The van der Waals surface area contributed by atoms with E-state index in [1.807, 2.05) is 0 Å². The average molecular weight is 148 g/mol. The van der Waals surface area contributed by atoms with Crippen molar-refractivity contribution in [2.24, 2.45) is 4.99 Å². The van der Waals surface area contributed by atoms with Gasteiger partial charge in [-0.15, -0.1) is 0 Å². The molecule has 1 radical (unpaired) electrons. The molecule has 0 aliphatic carbocycles. The SMILES string of the molecule is O=C1C=CC(=O)N=C1.[K]. The van der Waals surface area contributed by atoms with Crippen molar-refractivity contribution in [3.05, 3.63) is 12.2 Å². The Morgan fingerprint density at radius 3 is 2.22 bits per heavy atom. The third-order valence-corrected chi connectivity index (χ3v) is 0.709. The summed E-state index contributed by atoms with van der Waals surface area (Å²) in [5.74, 6) is -0.603. The summed E-state index contributed by atoms with van der Waals surface area (Å²) in [5, 5.41) is 0. The van der Waals surface area contributed by atoms with Gasteiger partial charge in [0.2, 0.25) is 0 Å². The van der Waals surface area contributed by atoms with Gasteiger partial charge in [0, 0.05) is 57.5 Å². The fraction of sp³-hybridized carbons (Fsp3) is 0. The van der Waals surface area contributed by atoms with Crippen LogP contribution in [0, 0.1) is 0 Å². The van der Waals surface area contributed by atoms with Crippen LogP contribution in [0.25, 0.3) is 0 Å². The number of ketones is 1. The maximum atomic E-state index is 10.2. The van der Waals surface area contributed by atoms with E-state index in [0.717, 1.165) is 12.3 Å². The van der Waals surface area contributed by atoms with Crippen LogP contribution < -0.4 is 0 Å². The smallest absolute Gasteiger partial charge is 0.269 e. The minimum atomic E-state index is -0.371. The van der Waals surface area contributed by atoms with E-state index in [9.17, 15) is 9.59 Å². The normalized spacial score (nSPS) is 15.6. The minimum absolute atomic E-state index is 0. The average Bonchev–Trinajstić information content (AvgIpc) is 1.77. The Hall–Kier alpha value is 0.386. The second-order valence-electron chi connectivity index (χ2n) is 1.33. The van der Waals surface area contributed by atoms with Crippen LogP contribution in [0.5, 0.6) is 0 Å². The van der Waals surface area contributed by atoms with Crippen molar-refractivity contribution in [3.63, 3.8) is 0 Å². The molecule has 3 nitrogen and oxygen atoms in total. The molecule has 0 saturated heterocycles. The summed E-state index contributed by atoms with van der Waals surface area (Å²) in [6, 6.07) is 0. The number of amides is 1. The zero-order chi connectivity index (χ0) is 5.98. The molecule has 1 aliphatic heterocycles. The summed E-state index contributed by atoms with van der Waals surface area (Å²) >= 11 is 0. The van der Waals surface area contributed by atoms with Gasteiger partial charge in [-0.3, -0.25) is 9.59 Å². The van der Waals surface area contributed by atoms with Gasteiger partial charge in [0.1, 0.15) is 0 Å². The standard InChI is InChI=1S/C5H3NO2.K/c7-4-1-2-5(8)6-3-4;/h1-3H;. The Morgan fingerprint density at radius 1 is 1.22 bits per heavy atom. The van der Waals surface area contributed by atoms with Gasteiger partial charge in [-0.05, 0) is 6.08 Å². The molecule has 0 unspecified atom stereocenters. The van der Waals surface area contributed by atoms with Gasteiger partial charge < -0.3 is 0 Å². The molecular formula is C5H3KNO2. The number of hydrogen-bond donors (Lipinski definition) is 0. The maximum Gasteiger partial charge on any atom is 0.269 e. The van der Waals surface area contributed by atoms with E-state index in [1.54, 1.807) is 0 Å². The molecule has 41 valence electrons. The summed E-state index contributed by atoms with van der Waals surface area (Å²) in [6.07, 6.45) is 3.33. The molecule has 0 fully saturated rings. The molecule has 1 heterocycles. The molecule has 0 spiro atoms. The first-order valence-corrected chi connectivity index (χ1v) is 2.09. The quantitative estimate of drug-likeness (QED) is 0.428. The van der Waals surface area contributed by atoms with Crippen molar-refractivity contribution >= 4 is 69.3 Å². The van der Waals surface area contributed by atoms with Gasteiger partial charge >= 0.3 is 0 Å². The Kier molecular flexibility index (Phi) is 4.42. The fourth-order valence-electron chi connectivity index (χ4n) is 0.367. The monoisotopic (exact) mass is 148 g/mol. The van der Waals surface area contributed by atoms with Crippen molar-refractivity contribution in [1.29, 1.82) is 0 Å². The molecule has 1 aliphatic rings. The van der Waals surface area contributed by atoms with Gasteiger partial charge in [-0.1, -0.05) is 0 Å². The number of nitrogens with zero attached hydrogens (tertiary/aromatic N) is 1. The third kappa shape index (κ3) is 3.17. The maximum absolute atomic E-state index is 10.2. The molecule has 0 atom stereocenters. The number of aliphatic imine (C=N–C) groups is 1. The Morgan fingerprint density at radius 2 is 1.89 bits per heavy atom. The molecule has 1 amide bonds. The van der Waals surface area contributed by atoms with Crippen molar-refractivity contribution in [1.82, 2.24) is 0 Å². The third-order valence-electron chi connectivity index (χ3n) is 0.709. The van der Waals surface area contributed by atoms with Crippen LogP contribution in [0.4, 0.5) is 0 Å². The largest absolute Gasteiger partial charge is 0.288 e. The molecule has 1 rings (SSSR count). The predicted molar refractivity (Wildman–Crippen MR) is 33.4 cm³/mol. The van der Waals surface area contributed by atoms with Crippen LogP contribution in [-0.4, -0.2) is 69.3 Å². The molecule has 0 bridgehead atoms. The number of carbonyl (C=O) groups is 2. The molecule has 0 aromatic carbocycles. The van der Waals surface area contributed by atoms with Gasteiger partial charge in [-0.25, -0.2) is 4.99 Å². The first kappa shape index (κ1) is 9.39. The molecule has 0 N–H and O–H groups in total. The summed E-state index contributed by atoms with van der Waals surface area (Å²) in [6.45, 7) is 0. The molecule has 0 saturated carbocycles. The van der Waals surface area contributed by atoms with E-state index in [0.29, 0.717) is 0 Å². The summed E-state index contributed by atoms with van der Waals surface area (Å²) in [5.41, 5.74) is 0. The van der Waals surface area contributed by atoms with Crippen LogP contribution in [0.1, 0.15) is 0 Å². The van der Waals surface area contributed by atoms with E-state index in [1.165, 1.54) is 6.08 Å². The molecule has 0 aromatic rings. The second-order valence-corrected chi connectivity index (χ2v) is 1.33. The topological polar surface area (TPSA) is 46.5 Å². The number of rotatable bonds is 0. The van der Waals surface area contributed by atoms with E-state index >= 15 is 0 Å². The Labute approximate surface area is 94.6 Å². The minimum Gasteiger partial charge on any atom is -0.288 e. The summed E-state index contributed by atoms with van der Waals surface area (Å²) in [4.78, 5) is 23.6. The summed E-state index contributed by atoms with van der Waals surface area (Å²) in [7, 11) is 0. The van der Waals surface area contributed by atoms with Crippen molar-refractivity contribution in [3.8, 4) is 0 Å². The molecule has 9 heavy (non-hydrogen) atoms. The first-order valence-electron chi connectivity index (χ1n) is 2.09. The van der Waals surface area contributed by atoms with Gasteiger partial charge in [0.25, 0.3) is 5.91 Å². The first-order chi connectivity index (χ1) is 3.79. The fourth-order valence-corrected chi connectivity index (χ4v) is 0.367. The van der Waals surface area contributed by atoms with E-state index in [2.05, 4.69) is 4.99 Å². The predicted octanol–water partition coefficient (Wildman–Crippen LogP) is -0.658. The van der Waals surface area contributed by atoms with Crippen molar-refractivity contribution in [2.75, 3.05) is 0 Å². The molecule has 0 aromatic heterocycles. The van der Waals surface area contributed by atoms with Crippen LogP contribution in [0.2, 0.25) is 0 Å². The molecular weight excluding hydrogens is 145 g/mol. The Balaban J connectivity index is 0.000000640. The van der Waals surface area contributed by atoms with Crippen LogP contribution in [0.15, 0.2) is 17.1 Å². The molecule has 4 heteroatoms. The Bertz CT molecular complexity index is 157. The van der Waals surface area contributed by atoms with Crippen LogP contribution in [-0.2, 0) is 9.59 Å². The zero-order valence-corrected chi connectivity index (χ0v) is 8.12. The van der Waals surface area contributed by atoms with Gasteiger partial charge in [-0.2, -0.15) is 0 Å². The zero-order valence-electron chi connectivity index (χ0n) is 5.00. The van der Waals surface area contributed by atoms with Gasteiger partial charge in [0.15, 0.2) is 5.78 Å². The number of dihydropyridines is 1. The number of hydrogen-bond acceptors (Lipinski definition) is 2. The van der Waals surface area contributed by atoms with Crippen molar-refractivity contribution < 1.29 is 9.59 Å².